The number of nitrogens with zero attached hydrogens (tertiary/aromatic N) is 1. The number of amides is 1. The van der Waals surface area contributed by atoms with Crippen LogP contribution >= 0.6 is 0 Å². The number of rotatable bonds is 7. The van der Waals surface area contributed by atoms with Gasteiger partial charge in [-0.25, -0.2) is 4.79 Å². The van der Waals surface area contributed by atoms with Gasteiger partial charge in [-0.3, -0.25) is 4.79 Å². The van der Waals surface area contributed by atoms with Gasteiger partial charge in [-0.15, -0.1) is 0 Å². The van der Waals surface area contributed by atoms with Gasteiger partial charge in [-0.1, -0.05) is 18.2 Å². The van der Waals surface area contributed by atoms with Crippen molar-refractivity contribution in [3.05, 3.63) is 54.1 Å². The highest BCUT2D eigenvalue weighted by atomic mass is 16.6. The Bertz CT molecular complexity index is 802. The molecule has 0 spiro atoms. The fraction of sp³-hybridized carbons (Fsp3) is 0.333. The quantitative estimate of drug-likeness (QED) is 0.702. The zero-order valence-corrected chi connectivity index (χ0v) is 15.5. The van der Waals surface area contributed by atoms with Crippen LogP contribution in [-0.4, -0.2) is 37.7 Å². The Morgan fingerprint density at radius 2 is 1.67 bits per heavy atom. The molecule has 0 saturated heterocycles. The number of esters is 1. The van der Waals surface area contributed by atoms with E-state index >= 15 is 0 Å². The van der Waals surface area contributed by atoms with E-state index in [1.807, 2.05) is 38.1 Å². The third-order valence-corrected chi connectivity index (χ3v) is 4.32. The van der Waals surface area contributed by atoms with E-state index in [-0.39, 0.29) is 25.2 Å². The average Bonchev–Trinajstić information content (AvgIpc) is 3.01. The van der Waals surface area contributed by atoms with Crippen LogP contribution in [0.1, 0.15) is 19.4 Å². The fourth-order valence-corrected chi connectivity index (χ4v) is 3.14. The van der Waals surface area contributed by atoms with Crippen LogP contribution in [0.3, 0.4) is 0 Å². The molecule has 6 nitrogen and oxygen atoms in total. The SMILES string of the molecule is CCOc1ccc(OCC(=O)OCC(=O)N2c3ccccc3C[C@H]2C)cc1. The smallest absolute Gasteiger partial charge is 0.344 e. The molecule has 0 bridgehead atoms. The second kappa shape index (κ2) is 8.58. The van der Waals surface area contributed by atoms with Crippen molar-refractivity contribution in [2.24, 2.45) is 0 Å². The molecule has 0 aliphatic carbocycles. The maximum Gasteiger partial charge on any atom is 0.344 e. The number of fused-ring (bicyclic) bond motifs is 1. The molecule has 0 unspecified atom stereocenters. The monoisotopic (exact) mass is 369 g/mol. The first-order chi connectivity index (χ1) is 13.1. The summed E-state index contributed by atoms with van der Waals surface area (Å²) in [6.45, 7) is 3.91. The zero-order valence-electron chi connectivity index (χ0n) is 15.5. The number of hydrogen-bond acceptors (Lipinski definition) is 5. The van der Waals surface area contributed by atoms with Crippen molar-refractivity contribution in [1.29, 1.82) is 0 Å². The van der Waals surface area contributed by atoms with E-state index in [4.69, 9.17) is 14.2 Å². The molecule has 0 aromatic heterocycles. The van der Waals surface area contributed by atoms with E-state index in [9.17, 15) is 9.59 Å². The van der Waals surface area contributed by atoms with Gasteiger partial charge in [0.1, 0.15) is 11.5 Å². The molecule has 1 heterocycles. The summed E-state index contributed by atoms with van der Waals surface area (Å²) < 4.78 is 15.8. The third-order valence-electron chi connectivity index (χ3n) is 4.32. The Labute approximate surface area is 158 Å². The lowest BCUT2D eigenvalue weighted by atomic mass is 10.1. The number of benzene rings is 2. The number of ether oxygens (including phenoxy) is 3. The molecule has 1 aliphatic heterocycles. The predicted molar refractivity (Wildman–Crippen MR) is 101 cm³/mol. The maximum absolute atomic E-state index is 12.5. The van der Waals surface area contributed by atoms with Crippen LogP contribution in [0.15, 0.2) is 48.5 Å². The summed E-state index contributed by atoms with van der Waals surface area (Å²) in [6, 6.07) is 14.8. The molecule has 3 rings (SSSR count). The second-order valence-electron chi connectivity index (χ2n) is 6.30. The molecule has 1 atom stereocenters. The molecule has 0 saturated carbocycles. The van der Waals surface area contributed by atoms with Crippen LogP contribution in [0.25, 0.3) is 0 Å². The molecular formula is C21H23NO5. The van der Waals surface area contributed by atoms with Crippen molar-refractivity contribution in [3.63, 3.8) is 0 Å². The molecule has 0 radical (unpaired) electrons. The topological polar surface area (TPSA) is 65.1 Å². The molecular weight excluding hydrogens is 346 g/mol. The van der Waals surface area contributed by atoms with Crippen LogP contribution in [0, 0.1) is 0 Å². The van der Waals surface area contributed by atoms with Gasteiger partial charge in [-0.05, 0) is 56.2 Å². The van der Waals surface area contributed by atoms with Gasteiger partial charge in [0.05, 0.1) is 6.61 Å². The Morgan fingerprint density at radius 3 is 2.37 bits per heavy atom. The number of para-hydroxylation sites is 1. The van der Waals surface area contributed by atoms with Crippen molar-refractivity contribution in [2.45, 2.75) is 26.3 Å². The van der Waals surface area contributed by atoms with E-state index in [0.717, 1.165) is 23.4 Å². The first-order valence-corrected chi connectivity index (χ1v) is 8.99. The van der Waals surface area contributed by atoms with Crippen LogP contribution < -0.4 is 14.4 Å². The minimum Gasteiger partial charge on any atom is -0.494 e. The highest BCUT2D eigenvalue weighted by Crippen LogP contribution is 2.31. The lowest BCUT2D eigenvalue weighted by Crippen LogP contribution is -2.39. The van der Waals surface area contributed by atoms with E-state index in [2.05, 4.69) is 0 Å². The van der Waals surface area contributed by atoms with Gasteiger partial charge < -0.3 is 19.1 Å². The first kappa shape index (κ1) is 18.8. The van der Waals surface area contributed by atoms with E-state index in [0.29, 0.717) is 12.4 Å². The van der Waals surface area contributed by atoms with Crippen molar-refractivity contribution in [1.82, 2.24) is 0 Å². The lowest BCUT2D eigenvalue weighted by molar-refractivity contribution is -0.149. The van der Waals surface area contributed by atoms with Gasteiger partial charge in [0, 0.05) is 11.7 Å². The lowest BCUT2D eigenvalue weighted by Gasteiger charge is -2.22. The van der Waals surface area contributed by atoms with Gasteiger partial charge in [0.2, 0.25) is 0 Å². The van der Waals surface area contributed by atoms with Gasteiger partial charge in [-0.2, -0.15) is 0 Å². The molecule has 27 heavy (non-hydrogen) atoms. The highest BCUT2D eigenvalue weighted by molar-refractivity contribution is 5.97. The molecule has 6 heteroatoms. The van der Waals surface area contributed by atoms with Crippen LogP contribution in [0.4, 0.5) is 5.69 Å². The summed E-state index contributed by atoms with van der Waals surface area (Å²) in [4.78, 5) is 26.1. The molecule has 142 valence electrons. The maximum atomic E-state index is 12.5. The molecule has 1 aliphatic rings. The Morgan fingerprint density at radius 1 is 1.00 bits per heavy atom. The largest absolute Gasteiger partial charge is 0.494 e. The number of carbonyl (C=O) groups is 2. The Hall–Kier alpha value is -3.02. The highest BCUT2D eigenvalue weighted by Gasteiger charge is 2.30. The Kier molecular flexibility index (Phi) is 5.96. The molecule has 2 aromatic carbocycles. The number of anilines is 1. The van der Waals surface area contributed by atoms with Crippen LogP contribution in [0.5, 0.6) is 11.5 Å². The van der Waals surface area contributed by atoms with E-state index < -0.39 is 5.97 Å². The second-order valence-corrected chi connectivity index (χ2v) is 6.30. The van der Waals surface area contributed by atoms with E-state index in [1.165, 1.54) is 0 Å². The normalized spacial score (nSPS) is 15.2. The fourth-order valence-electron chi connectivity index (χ4n) is 3.14. The van der Waals surface area contributed by atoms with Crippen molar-refractivity contribution in [3.8, 4) is 11.5 Å². The van der Waals surface area contributed by atoms with Crippen molar-refractivity contribution < 1.29 is 23.8 Å². The zero-order chi connectivity index (χ0) is 19.2. The van der Waals surface area contributed by atoms with Crippen LogP contribution in [0.2, 0.25) is 0 Å². The number of carbonyl (C=O) groups excluding carboxylic acids is 2. The first-order valence-electron chi connectivity index (χ1n) is 8.99. The molecule has 2 aromatic rings. The predicted octanol–water partition coefficient (Wildman–Crippen LogP) is 2.99. The van der Waals surface area contributed by atoms with Crippen molar-refractivity contribution >= 4 is 17.6 Å². The minimum absolute atomic E-state index is 0.0497. The summed E-state index contributed by atoms with van der Waals surface area (Å²) in [6.07, 6.45) is 0.802. The van der Waals surface area contributed by atoms with Gasteiger partial charge in [0.25, 0.3) is 5.91 Å². The minimum atomic E-state index is -0.586. The third kappa shape index (κ3) is 4.58. The van der Waals surface area contributed by atoms with E-state index in [1.54, 1.807) is 29.2 Å². The van der Waals surface area contributed by atoms with Crippen LogP contribution in [-0.2, 0) is 20.7 Å². The standard InChI is InChI=1S/C21H23NO5/c1-3-25-17-8-10-18(11-9-17)26-14-21(24)27-13-20(23)22-15(2)12-16-6-4-5-7-19(16)22/h4-11,15H,3,12-14H2,1-2H3/t15-/m1/s1. The molecule has 0 fully saturated rings. The summed E-state index contributed by atoms with van der Waals surface area (Å²) >= 11 is 0. The summed E-state index contributed by atoms with van der Waals surface area (Å²) in [7, 11) is 0. The average molecular weight is 369 g/mol. The summed E-state index contributed by atoms with van der Waals surface area (Å²) in [5.41, 5.74) is 2.01. The van der Waals surface area contributed by atoms with Crippen molar-refractivity contribution in [2.75, 3.05) is 24.7 Å². The summed E-state index contributed by atoms with van der Waals surface area (Å²) in [5.74, 6) is 0.445. The molecule has 1 amide bonds. The van der Waals surface area contributed by atoms with Gasteiger partial charge in [0.15, 0.2) is 13.2 Å². The molecule has 0 N–H and O–H groups in total. The Balaban J connectivity index is 1.47. The number of hydrogen-bond donors (Lipinski definition) is 0. The van der Waals surface area contributed by atoms with Gasteiger partial charge >= 0.3 is 5.97 Å². The summed E-state index contributed by atoms with van der Waals surface area (Å²) in [5, 5.41) is 0.